The van der Waals surface area contributed by atoms with Crippen molar-refractivity contribution in [3.63, 3.8) is 0 Å². The van der Waals surface area contributed by atoms with Crippen LogP contribution in [0.5, 0.6) is 17.2 Å². The molecule has 144 valence electrons. The molecule has 0 fully saturated rings. The molecule has 0 aliphatic rings. The molecule has 0 spiro atoms. The van der Waals surface area contributed by atoms with Crippen LogP contribution in [0, 0.1) is 0 Å². The Bertz CT molecular complexity index is 672. The van der Waals surface area contributed by atoms with Gasteiger partial charge in [0.25, 0.3) is 0 Å². The first-order valence-corrected chi connectivity index (χ1v) is 10.1. The van der Waals surface area contributed by atoms with Gasteiger partial charge in [-0.15, -0.1) is 11.6 Å². The quantitative estimate of drug-likeness (QED) is 0.308. The number of rotatable bonds is 12. The highest BCUT2D eigenvalue weighted by Crippen LogP contribution is 2.41. The summed E-state index contributed by atoms with van der Waals surface area (Å²) in [5, 5.41) is 2.36. The minimum atomic E-state index is 0.274. The van der Waals surface area contributed by atoms with Gasteiger partial charge >= 0.3 is 0 Å². The number of fused-ring (bicyclic) bond motifs is 1. The molecule has 2 aromatic carbocycles. The summed E-state index contributed by atoms with van der Waals surface area (Å²) in [5.74, 6) is 2.37. The second-order valence-electron chi connectivity index (χ2n) is 6.50. The van der Waals surface area contributed by atoms with Gasteiger partial charge in [0.2, 0.25) is 0 Å². The number of alkyl halides is 1. The van der Waals surface area contributed by atoms with Crippen LogP contribution < -0.4 is 14.2 Å². The van der Waals surface area contributed by atoms with Crippen LogP contribution in [-0.4, -0.2) is 25.7 Å². The highest BCUT2D eigenvalue weighted by atomic mass is 35.5. The molecule has 2 rings (SSSR count). The smallest absolute Gasteiger partial charge is 0.169 e. The molecular formula is C22H31ClO3. The number of ether oxygens (including phenoxy) is 3. The molecule has 1 unspecified atom stereocenters. The van der Waals surface area contributed by atoms with Crippen LogP contribution >= 0.6 is 11.6 Å². The van der Waals surface area contributed by atoms with Gasteiger partial charge in [-0.2, -0.15) is 0 Å². The SMILES string of the molecule is CCCCOc1c(OC)cc(OCCCCC(Cl)CC)c2ccccc12. The number of methoxy groups -OCH3 is 1. The lowest BCUT2D eigenvalue weighted by atomic mass is 10.1. The van der Waals surface area contributed by atoms with E-state index in [2.05, 4.69) is 26.0 Å². The van der Waals surface area contributed by atoms with Crippen LogP contribution in [0.3, 0.4) is 0 Å². The maximum atomic E-state index is 6.18. The van der Waals surface area contributed by atoms with E-state index in [4.69, 9.17) is 25.8 Å². The summed E-state index contributed by atoms with van der Waals surface area (Å²) in [6.45, 7) is 5.64. The molecule has 0 aliphatic carbocycles. The molecule has 26 heavy (non-hydrogen) atoms. The lowest BCUT2D eigenvalue weighted by Gasteiger charge is -2.17. The van der Waals surface area contributed by atoms with E-state index in [1.54, 1.807) is 7.11 Å². The highest BCUT2D eigenvalue weighted by molar-refractivity contribution is 6.20. The van der Waals surface area contributed by atoms with Gasteiger partial charge in [0.05, 0.1) is 20.3 Å². The number of unbranched alkanes of at least 4 members (excludes halogenated alkanes) is 2. The maximum Gasteiger partial charge on any atom is 0.169 e. The van der Waals surface area contributed by atoms with E-state index in [9.17, 15) is 0 Å². The van der Waals surface area contributed by atoms with Crippen molar-refractivity contribution in [3.05, 3.63) is 30.3 Å². The Morgan fingerprint density at radius 1 is 0.923 bits per heavy atom. The summed E-state index contributed by atoms with van der Waals surface area (Å²) < 4.78 is 17.7. The monoisotopic (exact) mass is 378 g/mol. The number of hydrogen-bond acceptors (Lipinski definition) is 3. The molecule has 4 heteroatoms. The molecule has 3 nitrogen and oxygen atoms in total. The number of benzene rings is 2. The van der Waals surface area contributed by atoms with Crippen molar-refractivity contribution < 1.29 is 14.2 Å². The zero-order chi connectivity index (χ0) is 18.8. The summed E-state index contributed by atoms with van der Waals surface area (Å²) in [6, 6.07) is 10.1. The molecule has 0 N–H and O–H groups in total. The average molecular weight is 379 g/mol. The Morgan fingerprint density at radius 2 is 1.65 bits per heavy atom. The van der Waals surface area contributed by atoms with Gasteiger partial charge in [0.15, 0.2) is 11.5 Å². The standard InChI is InChI=1S/C22H31ClO3/c1-4-6-14-26-22-19-13-8-7-12-18(19)20(16-21(22)24-3)25-15-10-9-11-17(23)5-2/h7-8,12-13,16-17H,4-6,9-11,14-15H2,1-3H3. The largest absolute Gasteiger partial charge is 0.493 e. The number of hydrogen-bond donors (Lipinski definition) is 0. The fourth-order valence-corrected chi connectivity index (χ4v) is 3.04. The predicted octanol–water partition coefficient (Wildman–Crippen LogP) is 6.59. The van der Waals surface area contributed by atoms with Crippen LogP contribution in [0.1, 0.15) is 52.4 Å². The molecule has 0 bridgehead atoms. The van der Waals surface area contributed by atoms with Gasteiger partial charge in [-0.05, 0) is 32.1 Å². The molecule has 0 radical (unpaired) electrons. The summed E-state index contributed by atoms with van der Waals surface area (Å²) in [5.41, 5.74) is 0. The molecule has 0 saturated carbocycles. The summed E-state index contributed by atoms with van der Waals surface area (Å²) >= 11 is 6.18. The van der Waals surface area contributed by atoms with Gasteiger partial charge in [-0.3, -0.25) is 0 Å². The molecule has 0 aromatic heterocycles. The van der Waals surface area contributed by atoms with Gasteiger partial charge in [-0.1, -0.05) is 44.5 Å². The van der Waals surface area contributed by atoms with Crippen molar-refractivity contribution in [3.8, 4) is 17.2 Å². The topological polar surface area (TPSA) is 27.7 Å². The molecule has 1 atom stereocenters. The third kappa shape index (κ3) is 5.70. The van der Waals surface area contributed by atoms with Crippen LogP contribution in [0.25, 0.3) is 10.8 Å². The van der Waals surface area contributed by atoms with Crippen LogP contribution in [0.2, 0.25) is 0 Å². The van der Waals surface area contributed by atoms with E-state index >= 15 is 0 Å². The van der Waals surface area contributed by atoms with Crippen LogP contribution in [-0.2, 0) is 0 Å². The molecule has 0 amide bonds. The molecule has 0 saturated heterocycles. The molecule has 0 heterocycles. The minimum absolute atomic E-state index is 0.274. The minimum Gasteiger partial charge on any atom is -0.493 e. The first-order valence-electron chi connectivity index (χ1n) is 9.70. The van der Waals surface area contributed by atoms with Gasteiger partial charge in [0.1, 0.15) is 5.75 Å². The van der Waals surface area contributed by atoms with E-state index in [-0.39, 0.29) is 5.38 Å². The lowest BCUT2D eigenvalue weighted by Crippen LogP contribution is -2.03. The van der Waals surface area contributed by atoms with Crippen LogP contribution in [0.15, 0.2) is 30.3 Å². The Balaban J connectivity index is 2.13. The molecule has 0 aliphatic heterocycles. The first-order chi connectivity index (χ1) is 12.7. The Hall–Kier alpha value is -1.61. The first kappa shape index (κ1) is 20.7. The van der Waals surface area contributed by atoms with Crippen molar-refractivity contribution in [2.45, 2.75) is 57.7 Å². The third-order valence-electron chi connectivity index (χ3n) is 4.50. The van der Waals surface area contributed by atoms with E-state index in [0.29, 0.717) is 13.2 Å². The van der Waals surface area contributed by atoms with Crippen LogP contribution in [0.4, 0.5) is 0 Å². The van der Waals surface area contributed by atoms with Crippen molar-refractivity contribution in [2.24, 2.45) is 0 Å². The number of halogens is 1. The Morgan fingerprint density at radius 3 is 2.35 bits per heavy atom. The van der Waals surface area contributed by atoms with E-state index < -0.39 is 0 Å². The summed E-state index contributed by atoms with van der Waals surface area (Å²) in [7, 11) is 1.67. The molecule has 2 aromatic rings. The fourth-order valence-electron chi connectivity index (χ4n) is 2.88. The van der Waals surface area contributed by atoms with Gasteiger partial charge < -0.3 is 14.2 Å². The van der Waals surface area contributed by atoms with E-state index in [0.717, 1.165) is 66.5 Å². The fraction of sp³-hybridized carbons (Fsp3) is 0.545. The highest BCUT2D eigenvalue weighted by Gasteiger charge is 2.15. The Labute approximate surface area is 162 Å². The average Bonchev–Trinajstić information content (AvgIpc) is 2.68. The van der Waals surface area contributed by atoms with Crippen molar-refractivity contribution >= 4 is 22.4 Å². The normalized spacial score (nSPS) is 12.2. The maximum absolute atomic E-state index is 6.18. The third-order valence-corrected chi connectivity index (χ3v) is 5.03. The second-order valence-corrected chi connectivity index (χ2v) is 7.12. The second kappa shape index (κ2) is 11.2. The zero-order valence-corrected chi connectivity index (χ0v) is 17.0. The van der Waals surface area contributed by atoms with Crippen molar-refractivity contribution in [2.75, 3.05) is 20.3 Å². The van der Waals surface area contributed by atoms with Crippen molar-refractivity contribution in [1.29, 1.82) is 0 Å². The van der Waals surface area contributed by atoms with E-state index in [1.165, 1.54) is 0 Å². The zero-order valence-electron chi connectivity index (χ0n) is 16.2. The lowest BCUT2D eigenvalue weighted by molar-refractivity contribution is 0.286. The Kier molecular flexibility index (Phi) is 8.90. The van der Waals surface area contributed by atoms with Gasteiger partial charge in [0, 0.05) is 22.2 Å². The van der Waals surface area contributed by atoms with E-state index in [1.807, 2.05) is 18.2 Å². The predicted molar refractivity (Wildman–Crippen MR) is 110 cm³/mol. The summed E-state index contributed by atoms with van der Waals surface area (Å²) in [4.78, 5) is 0. The summed E-state index contributed by atoms with van der Waals surface area (Å²) in [6.07, 6.45) is 6.25. The van der Waals surface area contributed by atoms with Crippen molar-refractivity contribution in [1.82, 2.24) is 0 Å². The molecular weight excluding hydrogens is 348 g/mol. The van der Waals surface area contributed by atoms with Gasteiger partial charge in [-0.25, -0.2) is 0 Å².